The molecular weight excluding hydrogens is 297 g/mol. The molecule has 0 amide bonds. The second-order valence-electron chi connectivity index (χ2n) is 4.79. The van der Waals surface area contributed by atoms with Gasteiger partial charge in [-0.2, -0.15) is 5.10 Å². The summed E-state index contributed by atoms with van der Waals surface area (Å²) in [6, 6.07) is 7.41. The Kier molecular flexibility index (Phi) is 5.43. The molecule has 0 aliphatic carbocycles. The predicted octanol–water partition coefficient (Wildman–Crippen LogP) is 2.68. The Morgan fingerprint density at radius 1 is 1.35 bits per heavy atom. The molecule has 0 saturated carbocycles. The first kappa shape index (κ1) is 15.3. The fourth-order valence-corrected chi connectivity index (χ4v) is 2.45. The van der Waals surface area contributed by atoms with Crippen molar-refractivity contribution in [3.8, 4) is 0 Å². The molecule has 20 heavy (non-hydrogen) atoms. The van der Waals surface area contributed by atoms with E-state index in [9.17, 15) is 5.11 Å². The molecule has 4 nitrogen and oxygen atoms in total. The third kappa shape index (κ3) is 4.21. The summed E-state index contributed by atoms with van der Waals surface area (Å²) < 4.78 is 1.71. The summed E-state index contributed by atoms with van der Waals surface area (Å²) in [4.78, 5) is 2.01. The summed E-state index contributed by atoms with van der Waals surface area (Å²) in [5.41, 5.74) is 0.952. The van der Waals surface area contributed by atoms with E-state index < -0.39 is 6.10 Å². The molecule has 0 fully saturated rings. The lowest BCUT2D eigenvalue weighted by Crippen LogP contribution is -2.32. The van der Waals surface area contributed by atoms with Crippen molar-refractivity contribution < 1.29 is 5.11 Å². The van der Waals surface area contributed by atoms with Crippen molar-refractivity contribution in [1.82, 2.24) is 14.7 Å². The summed E-state index contributed by atoms with van der Waals surface area (Å²) in [6.45, 7) is 1.64. The SMILES string of the molecule is CN(Cc1cccc(Cl)c1Cl)C[C@H](O)Cn1cccn1. The van der Waals surface area contributed by atoms with Gasteiger partial charge in [0.25, 0.3) is 0 Å². The molecule has 0 radical (unpaired) electrons. The van der Waals surface area contributed by atoms with Crippen LogP contribution in [0.5, 0.6) is 0 Å². The zero-order valence-electron chi connectivity index (χ0n) is 11.2. The number of nitrogens with zero attached hydrogens (tertiary/aromatic N) is 3. The lowest BCUT2D eigenvalue weighted by atomic mass is 10.2. The maximum Gasteiger partial charge on any atom is 0.0862 e. The van der Waals surface area contributed by atoms with Gasteiger partial charge in [-0.25, -0.2) is 0 Å². The minimum Gasteiger partial charge on any atom is -0.390 e. The standard InChI is InChI=1S/C14H17Cl2N3O/c1-18(8-11-4-2-5-13(15)14(11)16)9-12(20)10-19-7-3-6-17-19/h2-7,12,20H,8-10H2,1H3/t12-/m0/s1. The fraction of sp³-hybridized carbons (Fsp3) is 0.357. The number of likely N-dealkylation sites (N-methyl/N-ethyl adjacent to an activating group) is 1. The zero-order chi connectivity index (χ0) is 14.5. The topological polar surface area (TPSA) is 41.3 Å². The first-order valence-electron chi connectivity index (χ1n) is 6.33. The highest BCUT2D eigenvalue weighted by Crippen LogP contribution is 2.26. The Bertz CT molecular complexity index is 545. The highest BCUT2D eigenvalue weighted by atomic mass is 35.5. The number of aromatic nitrogens is 2. The second kappa shape index (κ2) is 7.09. The van der Waals surface area contributed by atoms with Crippen LogP contribution in [-0.2, 0) is 13.1 Å². The van der Waals surface area contributed by atoms with E-state index in [1.807, 2.05) is 36.3 Å². The number of hydrogen-bond acceptors (Lipinski definition) is 3. The zero-order valence-corrected chi connectivity index (χ0v) is 12.7. The molecule has 0 aliphatic heterocycles. The minimum absolute atomic E-state index is 0.473. The molecule has 1 N–H and O–H groups in total. The molecule has 1 aromatic heterocycles. The summed E-state index contributed by atoms with van der Waals surface area (Å²) in [5.74, 6) is 0. The van der Waals surface area contributed by atoms with E-state index in [0.717, 1.165) is 5.56 Å². The van der Waals surface area contributed by atoms with Crippen molar-refractivity contribution in [2.24, 2.45) is 0 Å². The van der Waals surface area contributed by atoms with Crippen molar-refractivity contribution in [2.45, 2.75) is 19.2 Å². The maximum absolute atomic E-state index is 10.0. The van der Waals surface area contributed by atoms with Crippen molar-refractivity contribution in [3.05, 3.63) is 52.3 Å². The van der Waals surface area contributed by atoms with E-state index in [1.165, 1.54) is 0 Å². The number of halogens is 2. The van der Waals surface area contributed by atoms with Gasteiger partial charge in [-0.1, -0.05) is 35.3 Å². The van der Waals surface area contributed by atoms with Crippen molar-refractivity contribution >= 4 is 23.2 Å². The first-order valence-corrected chi connectivity index (χ1v) is 7.09. The van der Waals surface area contributed by atoms with Gasteiger partial charge in [0.2, 0.25) is 0 Å². The Morgan fingerprint density at radius 2 is 2.15 bits per heavy atom. The van der Waals surface area contributed by atoms with Crippen molar-refractivity contribution in [1.29, 1.82) is 0 Å². The fourth-order valence-electron chi connectivity index (χ4n) is 2.07. The highest BCUT2D eigenvalue weighted by Gasteiger charge is 2.12. The van der Waals surface area contributed by atoms with Crippen LogP contribution >= 0.6 is 23.2 Å². The van der Waals surface area contributed by atoms with E-state index in [0.29, 0.717) is 29.7 Å². The Morgan fingerprint density at radius 3 is 2.85 bits per heavy atom. The third-order valence-corrected chi connectivity index (χ3v) is 3.81. The normalized spacial score (nSPS) is 12.8. The van der Waals surface area contributed by atoms with Gasteiger partial charge >= 0.3 is 0 Å². The summed E-state index contributed by atoms with van der Waals surface area (Å²) >= 11 is 12.1. The molecule has 1 atom stereocenters. The minimum atomic E-state index is -0.488. The molecule has 0 aliphatic rings. The van der Waals surface area contributed by atoms with Gasteiger partial charge in [-0.3, -0.25) is 9.58 Å². The molecule has 0 bridgehead atoms. The maximum atomic E-state index is 10.0. The van der Waals surface area contributed by atoms with Crippen LogP contribution in [0.4, 0.5) is 0 Å². The highest BCUT2D eigenvalue weighted by molar-refractivity contribution is 6.42. The van der Waals surface area contributed by atoms with Crippen LogP contribution in [-0.4, -0.2) is 39.5 Å². The molecule has 2 rings (SSSR count). The summed E-state index contributed by atoms with van der Waals surface area (Å²) in [7, 11) is 1.93. The lowest BCUT2D eigenvalue weighted by Gasteiger charge is -2.21. The van der Waals surface area contributed by atoms with Crippen LogP contribution in [0.2, 0.25) is 10.0 Å². The largest absolute Gasteiger partial charge is 0.390 e. The van der Waals surface area contributed by atoms with Crippen LogP contribution in [0.15, 0.2) is 36.7 Å². The van der Waals surface area contributed by atoms with Crippen LogP contribution < -0.4 is 0 Å². The molecule has 2 aromatic rings. The average molecular weight is 314 g/mol. The Hall–Kier alpha value is -1.07. The molecule has 1 heterocycles. The van der Waals surface area contributed by atoms with Crippen LogP contribution in [0.1, 0.15) is 5.56 Å². The monoisotopic (exact) mass is 313 g/mol. The molecule has 0 unspecified atom stereocenters. The number of rotatable bonds is 6. The van der Waals surface area contributed by atoms with E-state index in [-0.39, 0.29) is 0 Å². The van der Waals surface area contributed by atoms with Gasteiger partial charge in [-0.05, 0) is 24.7 Å². The number of aliphatic hydroxyl groups is 1. The second-order valence-corrected chi connectivity index (χ2v) is 5.58. The van der Waals surface area contributed by atoms with Crippen molar-refractivity contribution in [3.63, 3.8) is 0 Å². The van der Waals surface area contributed by atoms with Crippen LogP contribution in [0.3, 0.4) is 0 Å². The van der Waals surface area contributed by atoms with Crippen LogP contribution in [0, 0.1) is 0 Å². The number of hydrogen-bond donors (Lipinski definition) is 1. The van der Waals surface area contributed by atoms with Crippen molar-refractivity contribution in [2.75, 3.05) is 13.6 Å². The van der Waals surface area contributed by atoms with Gasteiger partial charge in [0, 0.05) is 25.5 Å². The van der Waals surface area contributed by atoms with E-state index >= 15 is 0 Å². The van der Waals surface area contributed by atoms with Gasteiger partial charge < -0.3 is 5.11 Å². The molecule has 108 valence electrons. The van der Waals surface area contributed by atoms with Gasteiger partial charge in [-0.15, -0.1) is 0 Å². The average Bonchev–Trinajstić information content (AvgIpc) is 2.87. The molecule has 6 heteroatoms. The van der Waals surface area contributed by atoms with E-state index in [1.54, 1.807) is 16.9 Å². The molecule has 0 saturated heterocycles. The van der Waals surface area contributed by atoms with Gasteiger partial charge in [0.05, 0.1) is 22.7 Å². The van der Waals surface area contributed by atoms with Gasteiger partial charge in [0.15, 0.2) is 0 Å². The first-order chi connectivity index (χ1) is 9.56. The van der Waals surface area contributed by atoms with E-state index in [4.69, 9.17) is 23.2 Å². The third-order valence-electron chi connectivity index (χ3n) is 2.95. The number of aliphatic hydroxyl groups excluding tert-OH is 1. The number of benzene rings is 1. The predicted molar refractivity (Wildman–Crippen MR) is 81.0 cm³/mol. The Labute approximate surface area is 128 Å². The van der Waals surface area contributed by atoms with Gasteiger partial charge in [0.1, 0.15) is 0 Å². The Balaban J connectivity index is 1.88. The lowest BCUT2D eigenvalue weighted by molar-refractivity contribution is 0.104. The molecule has 0 spiro atoms. The molecular formula is C14H17Cl2N3O. The smallest absolute Gasteiger partial charge is 0.0862 e. The summed E-state index contributed by atoms with van der Waals surface area (Å²) in [6.07, 6.45) is 3.04. The summed E-state index contributed by atoms with van der Waals surface area (Å²) in [5, 5.41) is 15.2. The van der Waals surface area contributed by atoms with Crippen LogP contribution in [0.25, 0.3) is 0 Å². The quantitative estimate of drug-likeness (QED) is 0.891. The molecule has 1 aromatic carbocycles. The van der Waals surface area contributed by atoms with E-state index in [2.05, 4.69) is 5.10 Å².